The normalized spacial score (nSPS) is 16.5. The summed E-state index contributed by atoms with van der Waals surface area (Å²) in [6.45, 7) is 12.0. The Labute approximate surface area is 459 Å². The first kappa shape index (κ1) is 56.4. The van der Waals surface area contributed by atoms with Crippen LogP contribution in [0.15, 0.2) is 121 Å². The number of alkyl carbamates (subject to hydrolysis) is 1. The van der Waals surface area contributed by atoms with Crippen molar-refractivity contribution in [3.8, 4) is 22.9 Å². The molecular weight excluding hydrogens is 1010 g/mol. The summed E-state index contributed by atoms with van der Waals surface area (Å²) >= 11 is 0. The third kappa shape index (κ3) is 13.7. The van der Waals surface area contributed by atoms with Crippen LogP contribution in [0.5, 0.6) is 5.75 Å². The van der Waals surface area contributed by atoms with Gasteiger partial charge in [-0.1, -0.05) is 129 Å². The molecule has 1 fully saturated rings. The summed E-state index contributed by atoms with van der Waals surface area (Å²) in [6, 6.07) is 32.2. The summed E-state index contributed by atoms with van der Waals surface area (Å²) in [5, 5.41) is 39.1. The van der Waals surface area contributed by atoms with Gasteiger partial charge >= 0.3 is 18.2 Å². The Hall–Kier alpha value is -8.79. The SMILES string of the molecule is C[C@@H](C(=O)N[C@H](C(=O)N1C[C@@H](n2cc(COc3ccc(C[C@@H](C#N)NC(=O)OCC4c5ccccc5-c5ccccc54)cc3)nn2)C[C@H]1C(=O)NC(Cc1ccc2ccccc2c1)C(=O)O)C(C)(C)C)N(C)C(=O)OC(C)(C)C. The van der Waals surface area contributed by atoms with E-state index in [2.05, 4.69) is 44.5 Å². The quantitative estimate of drug-likeness (QED) is 0.0645. The molecule has 79 heavy (non-hydrogen) atoms. The van der Waals surface area contributed by atoms with E-state index in [1.165, 1.54) is 23.6 Å². The molecular formula is C60H67N9O10. The highest BCUT2D eigenvalue weighted by molar-refractivity contribution is 5.96. The van der Waals surface area contributed by atoms with Gasteiger partial charge in [-0.15, -0.1) is 5.10 Å². The number of amides is 5. The zero-order valence-corrected chi connectivity index (χ0v) is 45.6. The highest BCUT2D eigenvalue weighted by Gasteiger charge is 2.47. The van der Waals surface area contributed by atoms with Crippen molar-refractivity contribution in [1.82, 2.24) is 40.7 Å². The molecule has 412 valence electrons. The molecule has 4 N–H and O–H groups in total. The summed E-state index contributed by atoms with van der Waals surface area (Å²) < 4.78 is 18.7. The van der Waals surface area contributed by atoms with Crippen LogP contribution < -0.4 is 20.7 Å². The Kier molecular flexibility index (Phi) is 17.0. The molecule has 1 aliphatic carbocycles. The van der Waals surface area contributed by atoms with Gasteiger partial charge in [-0.25, -0.2) is 19.1 Å². The van der Waals surface area contributed by atoms with E-state index < -0.39 is 83.1 Å². The van der Waals surface area contributed by atoms with Gasteiger partial charge in [0.2, 0.25) is 17.7 Å². The maximum Gasteiger partial charge on any atom is 0.410 e. The fourth-order valence-corrected chi connectivity index (χ4v) is 9.90. The number of hydrogen-bond donors (Lipinski definition) is 4. The molecule has 0 saturated carbocycles. The monoisotopic (exact) mass is 1070 g/mol. The number of hydrogen-bond acceptors (Lipinski definition) is 12. The number of nitrogens with zero attached hydrogens (tertiary/aromatic N) is 6. The van der Waals surface area contributed by atoms with E-state index in [9.17, 15) is 39.1 Å². The maximum atomic E-state index is 14.9. The average Bonchev–Trinajstić information content (AvgIpc) is 4.27. The second-order valence-corrected chi connectivity index (χ2v) is 22.2. The Bertz CT molecular complexity index is 3220. The van der Waals surface area contributed by atoms with Crippen LogP contribution in [0.1, 0.15) is 94.8 Å². The number of aliphatic carboxylic acids is 1. The molecule has 8 rings (SSSR count). The molecule has 6 atom stereocenters. The topological polar surface area (TPSA) is 247 Å². The van der Waals surface area contributed by atoms with Crippen LogP contribution in [0.4, 0.5) is 9.59 Å². The fraction of sp³-hybridized carbons (Fsp3) is 0.383. The van der Waals surface area contributed by atoms with Crippen molar-refractivity contribution in [2.75, 3.05) is 20.2 Å². The van der Waals surface area contributed by atoms with Gasteiger partial charge in [0.1, 0.15) is 60.5 Å². The van der Waals surface area contributed by atoms with Crippen molar-refractivity contribution in [1.29, 1.82) is 5.26 Å². The van der Waals surface area contributed by atoms with Gasteiger partial charge in [0.05, 0.1) is 18.3 Å². The van der Waals surface area contributed by atoms with Crippen LogP contribution in [0.2, 0.25) is 0 Å². The Morgan fingerprint density at radius 2 is 1.44 bits per heavy atom. The predicted molar refractivity (Wildman–Crippen MR) is 293 cm³/mol. The Balaban J connectivity index is 0.919. The molecule has 19 nitrogen and oxygen atoms in total. The van der Waals surface area contributed by atoms with Crippen LogP contribution in [0.25, 0.3) is 21.9 Å². The number of carboxylic acids is 1. The van der Waals surface area contributed by atoms with Gasteiger partial charge in [-0.2, -0.15) is 5.26 Å². The van der Waals surface area contributed by atoms with Crippen molar-refractivity contribution in [3.05, 3.63) is 149 Å². The van der Waals surface area contributed by atoms with Gasteiger partial charge in [-0.05, 0) is 89.4 Å². The first-order valence-electron chi connectivity index (χ1n) is 26.3. The van der Waals surface area contributed by atoms with E-state index in [-0.39, 0.29) is 44.9 Å². The molecule has 1 saturated heterocycles. The number of nitriles is 1. The highest BCUT2D eigenvalue weighted by Crippen LogP contribution is 2.44. The second kappa shape index (κ2) is 23.8. The third-order valence-electron chi connectivity index (χ3n) is 14.2. The lowest BCUT2D eigenvalue weighted by molar-refractivity contribution is -0.146. The number of likely N-dealkylation sites (tertiary alicyclic amines) is 1. The molecule has 5 amide bonds. The van der Waals surface area contributed by atoms with E-state index in [0.29, 0.717) is 17.0 Å². The Morgan fingerprint density at radius 1 is 0.810 bits per heavy atom. The smallest absolute Gasteiger partial charge is 0.410 e. The minimum Gasteiger partial charge on any atom is -0.487 e. The number of ether oxygens (including phenoxy) is 3. The van der Waals surface area contributed by atoms with Crippen LogP contribution in [0.3, 0.4) is 0 Å². The number of carboxylic acid groups (broad SMARTS) is 1. The summed E-state index contributed by atoms with van der Waals surface area (Å²) in [5.74, 6) is -2.83. The fourth-order valence-electron chi connectivity index (χ4n) is 9.90. The number of likely N-dealkylation sites (N-methyl/N-ethyl adjacent to an activating group) is 1. The second-order valence-electron chi connectivity index (χ2n) is 22.2. The number of rotatable bonds is 18. The summed E-state index contributed by atoms with van der Waals surface area (Å²) in [4.78, 5) is 84.4. The lowest BCUT2D eigenvalue weighted by atomic mass is 9.85. The van der Waals surface area contributed by atoms with E-state index in [1.54, 1.807) is 72.0 Å². The first-order valence-corrected chi connectivity index (χ1v) is 26.3. The Morgan fingerprint density at radius 3 is 2.08 bits per heavy atom. The molecule has 6 aromatic rings. The molecule has 2 heterocycles. The molecule has 1 aliphatic heterocycles. The number of fused-ring (bicyclic) bond motifs is 4. The van der Waals surface area contributed by atoms with E-state index in [0.717, 1.165) is 43.5 Å². The number of aromatic nitrogens is 3. The van der Waals surface area contributed by atoms with Crippen LogP contribution >= 0.6 is 0 Å². The van der Waals surface area contributed by atoms with E-state index >= 15 is 0 Å². The molecule has 2 aliphatic rings. The first-order chi connectivity index (χ1) is 37.6. The summed E-state index contributed by atoms with van der Waals surface area (Å²) in [6.07, 6.45) is 0.426. The highest BCUT2D eigenvalue weighted by atomic mass is 16.6. The lowest BCUT2D eigenvalue weighted by Crippen LogP contribution is -2.60. The van der Waals surface area contributed by atoms with Crippen molar-refractivity contribution < 1.29 is 48.1 Å². The van der Waals surface area contributed by atoms with E-state index in [4.69, 9.17) is 14.2 Å². The minimum absolute atomic E-state index is 0.00803. The van der Waals surface area contributed by atoms with Gasteiger partial charge in [0, 0.05) is 38.8 Å². The standard InChI is InChI=1S/C60H67N9O10/c1-36(67(8)58(76)79-60(5,6)7)53(70)64-52(59(2,3)4)55(72)68-33-43(30-51(68)54(71)63-50(56(73)74)29-38-21-24-39-15-9-10-16-40(39)27-38)69-32-42(65-66-69)34-77-44-25-22-37(23-26-44)28-41(31-61)62-57(75)78-35-49-47-19-13-11-17-45(47)46-18-12-14-20-48(46)49/h9-27,32,36,41,43,49-52H,28-30,33-35H2,1-8H3,(H,62,75)(H,63,71)(H,64,70)(H,73,74)/t36-,41-,43-,50?,51-,52+/m0/s1. The summed E-state index contributed by atoms with van der Waals surface area (Å²) in [7, 11) is 1.42. The van der Waals surface area contributed by atoms with Gasteiger partial charge in [0.15, 0.2) is 0 Å². The maximum absolute atomic E-state index is 14.9. The van der Waals surface area contributed by atoms with Gasteiger partial charge in [-0.3, -0.25) is 19.3 Å². The largest absolute Gasteiger partial charge is 0.487 e. The van der Waals surface area contributed by atoms with E-state index in [1.807, 2.05) is 78.9 Å². The third-order valence-corrected chi connectivity index (χ3v) is 14.2. The minimum atomic E-state index is -1.35. The molecule has 0 radical (unpaired) electrons. The van der Waals surface area contributed by atoms with Crippen LogP contribution in [-0.2, 0) is 48.1 Å². The van der Waals surface area contributed by atoms with Crippen LogP contribution in [-0.4, -0.2) is 122 Å². The van der Waals surface area contributed by atoms with Crippen molar-refractivity contribution in [2.24, 2.45) is 5.41 Å². The average molecular weight is 1070 g/mol. The molecule has 1 unspecified atom stereocenters. The van der Waals surface area contributed by atoms with Gasteiger partial charge < -0.3 is 40.2 Å². The van der Waals surface area contributed by atoms with Crippen molar-refractivity contribution in [2.45, 2.75) is 122 Å². The molecule has 19 heteroatoms. The van der Waals surface area contributed by atoms with Crippen LogP contribution in [0, 0.1) is 16.7 Å². The summed E-state index contributed by atoms with van der Waals surface area (Å²) in [5.41, 5.74) is 4.54. The van der Waals surface area contributed by atoms with Crippen molar-refractivity contribution in [3.63, 3.8) is 0 Å². The zero-order chi connectivity index (χ0) is 56.8. The number of carbonyl (C=O) groups is 6. The predicted octanol–water partition coefficient (Wildman–Crippen LogP) is 7.72. The molecule has 1 aromatic heterocycles. The number of benzene rings is 5. The molecule has 0 bridgehead atoms. The number of carbonyl (C=O) groups excluding carboxylic acids is 5. The van der Waals surface area contributed by atoms with Crippen molar-refractivity contribution >= 4 is 46.6 Å². The van der Waals surface area contributed by atoms with Gasteiger partial charge in [0.25, 0.3) is 0 Å². The number of nitrogens with one attached hydrogen (secondary N) is 3. The molecule has 0 spiro atoms. The lowest BCUT2D eigenvalue weighted by Gasteiger charge is -2.37. The zero-order valence-electron chi connectivity index (χ0n) is 45.6. The molecule has 5 aromatic carbocycles.